The second-order valence-electron chi connectivity index (χ2n) is 5.13. The van der Waals surface area contributed by atoms with Gasteiger partial charge in [-0.1, -0.05) is 18.2 Å². The Kier molecular flexibility index (Phi) is 4.93. The van der Waals surface area contributed by atoms with Crippen LogP contribution in [-0.2, 0) is 6.42 Å². The highest BCUT2D eigenvalue weighted by Crippen LogP contribution is 2.13. The van der Waals surface area contributed by atoms with Gasteiger partial charge in [0.25, 0.3) is 0 Å². The Labute approximate surface area is 124 Å². The molecular weight excluding hydrogens is 267 g/mol. The summed E-state index contributed by atoms with van der Waals surface area (Å²) >= 11 is 0. The van der Waals surface area contributed by atoms with E-state index in [2.05, 4.69) is 16.7 Å². The molecule has 0 radical (unpaired) electrons. The van der Waals surface area contributed by atoms with Crippen molar-refractivity contribution >= 4 is 11.7 Å². The largest absolute Gasteiger partial charge is 0.338 e. The van der Waals surface area contributed by atoms with Gasteiger partial charge in [-0.15, -0.1) is 0 Å². The van der Waals surface area contributed by atoms with Crippen LogP contribution in [0.25, 0.3) is 0 Å². The monoisotopic (exact) mass is 286 g/mol. The smallest absolute Gasteiger partial charge is 0.319 e. The van der Waals surface area contributed by atoms with Crippen molar-refractivity contribution in [1.82, 2.24) is 5.32 Å². The Morgan fingerprint density at radius 2 is 1.67 bits per heavy atom. The number of halogens is 1. The van der Waals surface area contributed by atoms with Gasteiger partial charge >= 0.3 is 6.03 Å². The second-order valence-corrected chi connectivity index (χ2v) is 5.13. The van der Waals surface area contributed by atoms with Crippen LogP contribution in [0.15, 0.2) is 42.5 Å². The number of amides is 2. The van der Waals surface area contributed by atoms with E-state index in [9.17, 15) is 9.18 Å². The molecule has 0 aliphatic carbocycles. The molecule has 0 atom stereocenters. The number of carbonyl (C=O) groups excluding carboxylic acids is 1. The molecule has 0 saturated carbocycles. The van der Waals surface area contributed by atoms with Gasteiger partial charge in [0.2, 0.25) is 0 Å². The van der Waals surface area contributed by atoms with Crippen molar-refractivity contribution in [3.63, 3.8) is 0 Å². The maximum Gasteiger partial charge on any atom is 0.319 e. The van der Waals surface area contributed by atoms with Crippen molar-refractivity contribution in [2.45, 2.75) is 20.3 Å². The Morgan fingerprint density at radius 1 is 1.05 bits per heavy atom. The fraction of sp³-hybridized carbons (Fsp3) is 0.235. The molecule has 2 amide bonds. The summed E-state index contributed by atoms with van der Waals surface area (Å²) < 4.78 is 12.8. The summed E-state index contributed by atoms with van der Waals surface area (Å²) in [5.41, 5.74) is 3.99. The van der Waals surface area contributed by atoms with E-state index in [1.165, 1.54) is 12.1 Å². The van der Waals surface area contributed by atoms with E-state index in [1.54, 1.807) is 12.1 Å². The highest BCUT2D eigenvalue weighted by Gasteiger charge is 2.02. The van der Waals surface area contributed by atoms with Gasteiger partial charge < -0.3 is 10.6 Å². The standard InChI is InChI=1S/C17H19FN2O/c1-12-9-13(2)11-16(10-12)20-17(21)19-8-7-14-3-5-15(18)6-4-14/h3-6,9-11H,7-8H2,1-2H3,(H2,19,20,21). The van der Waals surface area contributed by atoms with E-state index in [0.29, 0.717) is 13.0 Å². The number of benzene rings is 2. The summed E-state index contributed by atoms with van der Waals surface area (Å²) in [4.78, 5) is 11.8. The van der Waals surface area contributed by atoms with Crippen LogP contribution in [0.5, 0.6) is 0 Å². The third kappa shape index (κ3) is 4.91. The highest BCUT2D eigenvalue weighted by molar-refractivity contribution is 5.89. The predicted molar refractivity (Wildman–Crippen MR) is 83.0 cm³/mol. The molecule has 2 aromatic carbocycles. The summed E-state index contributed by atoms with van der Waals surface area (Å²) in [6.07, 6.45) is 0.667. The molecule has 2 N–H and O–H groups in total. The number of rotatable bonds is 4. The summed E-state index contributed by atoms with van der Waals surface area (Å²) in [6, 6.07) is 12.0. The van der Waals surface area contributed by atoms with Crippen LogP contribution in [0.1, 0.15) is 16.7 Å². The highest BCUT2D eigenvalue weighted by atomic mass is 19.1. The Morgan fingerprint density at radius 3 is 2.29 bits per heavy atom. The number of anilines is 1. The normalized spacial score (nSPS) is 10.2. The minimum Gasteiger partial charge on any atom is -0.338 e. The molecule has 0 aromatic heterocycles. The summed E-state index contributed by atoms with van der Waals surface area (Å²) in [5.74, 6) is -0.251. The number of hydrogen-bond acceptors (Lipinski definition) is 1. The number of aryl methyl sites for hydroxylation is 2. The van der Waals surface area contributed by atoms with E-state index in [-0.39, 0.29) is 11.8 Å². The third-order valence-corrected chi connectivity index (χ3v) is 3.09. The molecule has 0 heterocycles. The summed E-state index contributed by atoms with van der Waals surface area (Å²) in [7, 11) is 0. The molecule has 110 valence electrons. The molecule has 0 fully saturated rings. The number of carbonyl (C=O) groups is 1. The molecule has 3 nitrogen and oxygen atoms in total. The SMILES string of the molecule is Cc1cc(C)cc(NC(=O)NCCc2ccc(F)cc2)c1. The van der Waals surface area contributed by atoms with Crippen LogP contribution in [0, 0.1) is 19.7 Å². The van der Waals surface area contributed by atoms with Crippen molar-refractivity contribution in [3.8, 4) is 0 Å². The predicted octanol–water partition coefficient (Wildman–Crippen LogP) is 3.81. The lowest BCUT2D eigenvalue weighted by Crippen LogP contribution is -2.30. The van der Waals surface area contributed by atoms with Crippen molar-refractivity contribution in [2.75, 3.05) is 11.9 Å². The summed E-state index contributed by atoms with van der Waals surface area (Å²) in [6.45, 7) is 4.48. The lowest BCUT2D eigenvalue weighted by Gasteiger charge is -2.09. The molecule has 0 bridgehead atoms. The minimum absolute atomic E-state index is 0.234. The quantitative estimate of drug-likeness (QED) is 0.881. The first-order valence-electron chi connectivity index (χ1n) is 6.90. The van der Waals surface area contributed by atoms with Gasteiger partial charge in [-0.3, -0.25) is 0 Å². The average Bonchev–Trinajstić information content (AvgIpc) is 2.39. The lowest BCUT2D eigenvalue weighted by atomic mass is 10.1. The van der Waals surface area contributed by atoms with E-state index in [4.69, 9.17) is 0 Å². The first-order chi connectivity index (χ1) is 10.0. The van der Waals surface area contributed by atoms with E-state index in [0.717, 1.165) is 22.4 Å². The lowest BCUT2D eigenvalue weighted by molar-refractivity contribution is 0.252. The fourth-order valence-electron chi connectivity index (χ4n) is 2.19. The van der Waals surface area contributed by atoms with Gasteiger partial charge in [0.1, 0.15) is 5.82 Å². The van der Waals surface area contributed by atoms with Crippen LogP contribution in [0.4, 0.5) is 14.9 Å². The Balaban J connectivity index is 1.80. The minimum atomic E-state index is -0.251. The molecule has 2 aromatic rings. The maximum atomic E-state index is 12.8. The van der Waals surface area contributed by atoms with Crippen molar-refractivity contribution in [1.29, 1.82) is 0 Å². The molecule has 0 aliphatic heterocycles. The van der Waals surface area contributed by atoms with Gasteiger partial charge in [0.05, 0.1) is 0 Å². The van der Waals surface area contributed by atoms with Crippen LogP contribution in [-0.4, -0.2) is 12.6 Å². The van der Waals surface area contributed by atoms with E-state index >= 15 is 0 Å². The Hall–Kier alpha value is -2.36. The van der Waals surface area contributed by atoms with Crippen molar-refractivity contribution in [3.05, 3.63) is 65.0 Å². The van der Waals surface area contributed by atoms with E-state index < -0.39 is 0 Å². The molecular formula is C17H19FN2O. The number of urea groups is 1. The van der Waals surface area contributed by atoms with Crippen LogP contribution in [0.2, 0.25) is 0 Å². The van der Waals surface area contributed by atoms with Gasteiger partial charge in [-0.25, -0.2) is 9.18 Å². The van der Waals surface area contributed by atoms with Crippen LogP contribution < -0.4 is 10.6 Å². The zero-order valence-corrected chi connectivity index (χ0v) is 12.2. The van der Waals surface area contributed by atoms with Gasteiger partial charge in [-0.05, 0) is 61.2 Å². The first kappa shape index (κ1) is 15.0. The molecule has 0 unspecified atom stereocenters. The van der Waals surface area contributed by atoms with Crippen molar-refractivity contribution < 1.29 is 9.18 Å². The Bertz CT molecular complexity index is 603. The maximum absolute atomic E-state index is 12.8. The van der Waals surface area contributed by atoms with Gasteiger partial charge in [0, 0.05) is 12.2 Å². The topological polar surface area (TPSA) is 41.1 Å². The molecule has 0 saturated heterocycles. The molecule has 21 heavy (non-hydrogen) atoms. The first-order valence-corrected chi connectivity index (χ1v) is 6.90. The summed E-state index contributed by atoms with van der Waals surface area (Å²) in [5, 5.41) is 5.60. The number of nitrogens with one attached hydrogen (secondary N) is 2. The molecule has 4 heteroatoms. The van der Waals surface area contributed by atoms with Gasteiger partial charge in [-0.2, -0.15) is 0 Å². The van der Waals surface area contributed by atoms with E-state index in [1.807, 2.05) is 26.0 Å². The fourth-order valence-corrected chi connectivity index (χ4v) is 2.19. The molecule has 0 aliphatic rings. The third-order valence-electron chi connectivity index (χ3n) is 3.09. The van der Waals surface area contributed by atoms with Crippen LogP contribution >= 0.6 is 0 Å². The zero-order valence-electron chi connectivity index (χ0n) is 12.2. The molecule has 0 spiro atoms. The van der Waals surface area contributed by atoms with Gasteiger partial charge in [0.15, 0.2) is 0 Å². The average molecular weight is 286 g/mol. The molecule has 2 rings (SSSR count). The van der Waals surface area contributed by atoms with Crippen LogP contribution in [0.3, 0.4) is 0 Å². The number of hydrogen-bond donors (Lipinski definition) is 2. The zero-order chi connectivity index (χ0) is 15.2. The van der Waals surface area contributed by atoms with Crippen molar-refractivity contribution in [2.24, 2.45) is 0 Å². The second kappa shape index (κ2) is 6.88.